The number of nitrogens with one attached hydrogen (secondary N) is 2. The minimum absolute atomic E-state index is 0.0287. The van der Waals surface area contributed by atoms with Gasteiger partial charge in [0.15, 0.2) is 0 Å². The molecule has 1 saturated heterocycles. The number of halogens is 1. The molecule has 0 aromatic heterocycles. The number of hydrogen-bond donors (Lipinski definition) is 3. The van der Waals surface area contributed by atoms with Crippen LogP contribution in [0.25, 0.3) is 0 Å². The summed E-state index contributed by atoms with van der Waals surface area (Å²) >= 11 is 6.18. The van der Waals surface area contributed by atoms with Crippen LogP contribution >= 0.6 is 11.6 Å². The maximum atomic E-state index is 12.5. The summed E-state index contributed by atoms with van der Waals surface area (Å²) in [4.78, 5) is 37.3. The Bertz CT molecular complexity index is 885. The highest BCUT2D eigenvalue weighted by Crippen LogP contribution is 2.26. The van der Waals surface area contributed by atoms with Crippen LogP contribution in [0.1, 0.15) is 30.9 Å². The predicted molar refractivity (Wildman–Crippen MR) is 108 cm³/mol. The van der Waals surface area contributed by atoms with Crippen LogP contribution in [0.4, 0.5) is 16.2 Å². The van der Waals surface area contributed by atoms with E-state index in [2.05, 4.69) is 10.6 Å². The molecule has 0 bridgehead atoms. The molecule has 0 aliphatic carbocycles. The maximum absolute atomic E-state index is 12.5. The van der Waals surface area contributed by atoms with E-state index < -0.39 is 12.1 Å². The van der Waals surface area contributed by atoms with Crippen LogP contribution < -0.4 is 21.3 Å². The molecule has 2 aromatic carbocycles. The molecule has 8 heteroatoms. The topological polar surface area (TPSA) is 105 Å². The van der Waals surface area contributed by atoms with Gasteiger partial charge in [0.25, 0.3) is 0 Å². The highest BCUT2D eigenvalue weighted by molar-refractivity contribution is 6.31. The first-order valence-corrected chi connectivity index (χ1v) is 9.32. The zero-order valence-corrected chi connectivity index (χ0v) is 15.9. The van der Waals surface area contributed by atoms with Crippen LogP contribution in [0.2, 0.25) is 5.02 Å². The fraction of sp³-hybridized carbons (Fsp3) is 0.250. The molecule has 28 heavy (non-hydrogen) atoms. The van der Waals surface area contributed by atoms with Crippen molar-refractivity contribution in [3.8, 4) is 0 Å². The van der Waals surface area contributed by atoms with Crippen molar-refractivity contribution in [1.29, 1.82) is 0 Å². The van der Waals surface area contributed by atoms with Gasteiger partial charge in [-0.2, -0.15) is 0 Å². The Balaban J connectivity index is 1.66. The van der Waals surface area contributed by atoms with Crippen molar-refractivity contribution < 1.29 is 14.4 Å². The minimum atomic E-state index is -0.739. The van der Waals surface area contributed by atoms with E-state index in [1.165, 1.54) is 0 Å². The third kappa shape index (κ3) is 4.80. The van der Waals surface area contributed by atoms with E-state index >= 15 is 0 Å². The van der Waals surface area contributed by atoms with Crippen LogP contribution in [-0.4, -0.2) is 24.4 Å². The van der Waals surface area contributed by atoms with Crippen LogP contribution in [0.3, 0.4) is 0 Å². The van der Waals surface area contributed by atoms with Crippen LogP contribution in [-0.2, 0) is 9.59 Å². The van der Waals surface area contributed by atoms with Gasteiger partial charge in [-0.3, -0.25) is 9.59 Å². The number of carbonyl (C=O) groups excluding carboxylic acids is 3. The molecule has 1 atom stereocenters. The number of rotatable bonds is 6. The molecule has 2 aromatic rings. The summed E-state index contributed by atoms with van der Waals surface area (Å²) in [5, 5.41) is 5.78. The Morgan fingerprint density at radius 3 is 2.46 bits per heavy atom. The second kappa shape index (κ2) is 8.75. The van der Waals surface area contributed by atoms with Crippen LogP contribution in [0, 0.1) is 0 Å². The summed E-state index contributed by atoms with van der Waals surface area (Å²) in [6.45, 7) is 0.711. The molecule has 1 heterocycles. The van der Waals surface area contributed by atoms with Crippen molar-refractivity contribution in [3.63, 3.8) is 0 Å². The lowest BCUT2D eigenvalue weighted by Crippen LogP contribution is -2.35. The minimum Gasteiger partial charge on any atom is -0.352 e. The first-order valence-electron chi connectivity index (χ1n) is 8.94. The van der Waals surface area contributed by atoms with Gasteiger partial charge >= 0.3 is 6.03 Å². The lowest BCUT2D eigenvalue weighted by atomic mass is 10.0. The predicted octanol–water partition coefficient (Wildman–Crippen LogP) is 3.21. The third-order valence-corrected chi connectivity index (χ3v) is 4.87. The van der Waals surface area contributed by atoms with Gasteiger partial charge in [-0.25, -0.2) is 4.79 Å². The van der Waals surface area contributed by atoms with Crippen LogP contribution in [0.15, 0.2) is 48.5 Å². The quantitative estimate of drug-likeness (QED) is 0.693. The molecule has 7 nitrogen and oxygen atoms in total. The number of amides is 4. The Kier molecular flexibility index (Phi) is 6.16. The molecule has 3 rings (SSSR count). The number of nitrogens with zero attached hydrogens (tertiary/aromatic N) is 1. The largest absolute Gasteiger partial charge is 0.352 e. The summed E-state index contributed by atoms with van der Waals surface area (Å²) in [5.41, 5.74) is 7.26. The van der Waals surface area contributed by atoms with Gasteiger partial charge in [-0.1, -0.05) is 29.8 Å². The summed E-state index contributed by atoms with van der Waals surface area (Å²) in [6, 6.07) is 12.6. The lowest BCUT2D eigenvalue weighted by Gasteiger charge is -2.19. The van der Waals surface area contributed by atoms with Crippen LogP contribution in [0.5, 0.6) is 0 Å². The van der Waals surface area contributed by atoms with E-state index in [0.717, 1.165) is 12.1 Å². The van der Waals surface area contributed by atoms with Crippen molar-refractivity contribution in [3.05, 3.63) is 59.1 Å². The Hall–Kier alpha value is -3.06. The fourth-order valence-corrected chi connectivity index (χ4v) is 3.48. The summed E-state index contributed by atoms with van der Waals surface area (Å²) in [7, 11) is 0. The van der Waals surface area contributed by atoms with Crippen molar-refractivity contribution in [2.45, 2.75) is 25.3 Å². The number of nitrogens with two attached hydrogens (primary N) is 1. The SMILES string of the molecule is NC(=O)N[C@H](CC(=O)Nc1ccc(N2CCCC2=O)cc1)c1ccccc1Cl. The number of primary amides is 1. The Morgan fingerprint density at radius 2 is 1.86 bits per heavy atom. The average Bonchev–Trinajstić information content (AvgIpc) is 3.08. The number of carbonyl (C=O) groups is 3. The van der Waals surface area contributed by atoms with Gasteiger partial charge < -0.3 is 21.3 Å². The van der Waals surface area contributed by atoms with E-state index in [9.17, 15) is 14.4 Å². The molecule has 4 amide bonds. The van der Waals surface area contributed by atoms with E-state index in [4.69, 9.17) is 17.3 Å². The van der Waals surface area contributed by atoms with Gasteiger partial charge in [0.1, 0.15) is 0 Å². The zero-order valence-electron chi connectivity index (χ0n) is 15.2. The Morgan fingerprint density at radius 1 is 1.14 bits per heavy atom. The van der Waals surface area contributed by atoms with Crippen molar-refractivity contribution in [1.82, 2.24) is 5.32 Å². The lowest BCUT2D eigenvalue weighted by molar-refractivity contribution is -0.117. The van der Waals surface area contributed by atoms with E-state index in [1.807, 2.05) is 0 Å². The molecule has 0 saturated carbocycles. The summed E-state index contributed by atoms with van der Waals surface area (Å²) in [6.07, 6.45) is 1.39. The molecule has 146 valence electrons. The maximum Gasteiger partial charge on any atom is 0.312 e. The number of anilines is 2. The summed E-state index contributed by atoms with van der Waals surface area (Å²) in [5.74, 6) is -0.194. The second-order valence-corrected chi connectivity index (χ2v) is 6.94. The smallest absolute Gasteiger partial charge is 0.312 e. The number of hydrogen-bond acceptors (Lipinski definition) is 3. The van der Waals surface area contributed by atoms with Gasteiger partial charge in [0, 0.05) is 29.4 Å². The second-order valence-electron chi connectivity index (χ2n) is 6.53. The van der Waals surface area contributed by atoms with Gasteiger partial charge in [0.2, 0.25) is 11.8 Å². The summed E-state index contributed by atoms with van der Waals surface area (Å²) < 4.78 is 0. The highest BCUT2D eigenvalue weighted by atomic mass is 35.5. The standard InChI is InChI=1S/C20H21ClN4O3/c21-16-5-2-1-4-15(16)17(24-20(22)28)12-18(26)23-13-7-9-14(10-8-13)25-11-3-6-19(25)27/h1-2,4-5,7-10,17H,3,6,11-12H2,(H,23,26)(H3,22,24,28)/t17-/m1/s1. The zero-order chi connectivity index (χ0) is 20.1. The van der Waals surface area contributed by atoms with Gasteiger partial charge in [-0.05, 0) is 42.3 Å². The molecule has 0 unspecified atom stereocenters. The molecular formula is C20H21ClN4O3. The van der Waals surface area contributed by atoms with Gasteiger partial charge in [-0.15, -0.1) is 0 Å². The Labute approximate surface area is 167 Å². The normalized spacial score (nSPS) is 14.6. The molecule has 0 spiro atoms. The van der Waals surface area contributed by atoms with Crippen molar-refractivity contribution in [2.24, 2.45) is 5.73 Å². The first kappa shape index (κ1) is 19.7. The third-order valence-electron chi connectivity index (χ3n) is 4.52. The molecule has 1 fully saturated rings. The highest BCUT2D eigenvalue weighted by Gasteiger charge is 2.22. The van der Waals surface area contributed by atoms with Gasteiger partial charge in [0.05, 0.1) is 12.5 Å². The number of urea groups is 1. The van der Waals surface area contributed by atoms with Crippen molar-refractivity contribution >= 4 is 40.8 Å². The molecule has 4 N–H and O–H groups in total. The fourth-order valence-electron chi connectivity index (χ4n) is 3.21. The van der Waals surface area contributed by atoms with Crippen molar-refractivity contribution in [2.75, 3.05) is 16.8 Å². The molecule has 1 aliphatic heterocycles. The molecular weight excluding hydrogens is 380 g/mol. The van der Waals surface area contributed by atoms with E-state index in [0.29, 0.717) is 29.2 Å². The van der Waals surface area contributed by atoms with E-state index in [-0.39, 0.29) is 18.2 Å². The average molecular weight is 401 g/mol. The molecule has 1 aliphatic rings. The number of benzene rings is 2. The van der Waals surface area contributed by atoms with E-state index in [1.54, 1.807) is 53.4 Å². The first-order chi connectivity index (χ1) is 13.4. The monoisotopic (exact) mass is 400 g/mol. The molecule has 0 radical (unpaired) electrons.